The van der Waals surface area contributed by atoms with Gasteiger partial charge in [0.15, 0.2) is 0 Å². The average Bonchev–Trinajstić information content (AvgIpc) is 2.91. The van der Waals surface area contributed by atoms with E-state index in [4.69, 9.17) is 22.8 Å². The molecule has 0 aliphatic carbocycles. The second kappa shape index (κ2) is 16.2. The second-order valence-electron chi connectivity index (χ2n) is 11.9. The highest BCUT2D eigenvalue weighted by Crippen LogP contribution is 2.30. The molecule has 0 radical (unpaired) electrons. The maximum absolute atomic E-state index is 14.4. The van der Waals surface area contributed by atoms with Gasteiger partial charge in [0.25, 0.3) is 5.91 Å². The summed E-state index contributed by atoms with van der Waals surface area (Å²) >= 11 is 6.46. The van der Waals surface area contributed by atoms with Gasteiger partial charge in [-0.05, 0) is 69.4 Å². The first-order valence-electron chi connectivity index (χ1n) is 14.7. The number of amides is 3. The van der Waals surface area contributed by atoms with Crippen LogP contribution in [0.15, 0.2) is 42.5 Å². The average molecular weight is 596 g/mol. The number of alkyl carbamates (subject to hydrolysis) is 1. The summed E-state index contributed by atoms with van der Waals surface area (Å²) in [7, 11) is 0. The zero-order chi connectivity index (χ0) is 31.4. The molecular formula is C34H46ClN3O4. The van der Waals surface area contributed by atoms with Gasteiger partial charge < -0.3 is 20.3 Å². The second-order valence-corrected chi connectivity index (χ2v) is 12.3. The van der Waals surface area contributed by atoms with E-state index in [9.17, 15) is 14.4 Å². The minimum absolute atomic E-state index is 0.272. The standard InChI is InChI=1S/C34H46ClN3O4/c1-9-11-12-13-14-22-38(32(40)28(23(3)4)37-33(41)42-34(6,7)8)30(26-20-18-25(10-2)19-21-26)31(39)36-29-24(5)16-15-17-27(29)35/h2,15-21,23,28,30H,9,11-14,22H2,1,3-8H3,(H,36,39)(H,37,41). The maximum atomic E-state index is 14.4. The smallest absolute Gasteiger partial charge is 0.408 e. The third-order valence-corrected chi connectivity index (χ3v) is 7.13. The third kappa shape index (κ3) is 10.4. The van der Waals surface area contributed by atoms with E-state index in [1.54, 1.807) is 56.0 Å². The summed E-state index contributed by atoms with van der Waals surface area (Å²) in [6, 6.07) is 10.5. The summed E-state index contributed by atoms with van der Waals surface area (Å²) < 4.78 is 5.46. The fourth-order valence-electron chi connectivity index (χ4n) is 4.60. The molecule has 7 nitrogen and oxygen atoms in total. The molecule has 2 aromatic rings. The van der Waals surface area contributed by atoms with Crippen molar-refractivity contribution in [3.8, 4) is 12.3 Å². The number of hydrogen-bond donors (Lipinski definition) is 2. The van der Waals surface area contributed by atoms with Gasteiger partial charge in [0, 0.05) is 12.1 Å². The highest BCUT2D eigenvalue weighted by Gasteiger charge is 2.37. The molecule has 3 amide bonds. The Morgan fingerprint density at radius 3 is 2.21 bits per heavy atom. The number of benzene rings is 2. The van der Waals surface area contributed by atoms with E-state index in [0.717, 1.165) is 31.2 Å². The van der Waals surface area contributed by atoms with Gasteiger partial charge >= 0.3 is 6.09 Å². The van der Waals surface area contributed by atoms with E-state index >= 15 is 0 Å². The molecule has 2 aromatic carbocycles. The summed E-state index contributed by atoms with van der Waals surface area (Å²) in [5, 5.41) is 6.14. The largest absolute Gasteiger partial charge is 0.444 e. The van der Waals surface area contributed by atoms with E-state index in [0.29, 0.717) is 34.8 Å². The Morgan fingerprint density at radius 2 is 1.67 bits per heavy atom. The highest BCUT2D eigenvalue weighted by atomic mass is 35.5. The molecule has 0 fully saturated rings. The first-order chi connectivity index (χ1) is 19.8. The molecule has 2 unspecified atom stereocenters. The van der Waals surface area contributed by atoms with Crippen molar-refractivity contribution in [2.75, 3.05) is 11.9 Å². The lowest BCUT2D eigenvalue weighted by molar-refractivity contribution is -0.141. The van der Waals surface area contributed by atoms with Crippen LogP contribution in [0.5, 0.6) is 0 Å². The molecule has 0 heterocycles. The normalized spacial score (nSPS) is 12.7. The Labute approximate surface area is 256 Å². The van der Waals surface area contributed by atoms with Crippen molar-refractivity contribution in [3.63, 3.8) is 0 Å². The molecule has 2 N–H and O–H groups in total. The fourth-order valence-corrected chi connectivity index (χ4v) is 4.86. The van der Waals surface area contributed by atoms with Gasteiger partial charge in [-0.25, -0.2) is 4.79 Å². The summed E-state index contributed by atoms with van der Waals surface area (Å²) in [6.45, 7) is 13.3. The number of para-hydroxylation sites is 1. The SMILES string of the molecule is C#Cc1ccc(C(C(=O)Nc2c(C)cccc2Cl)N(CCCCCCC)C(=O)C(NC(=O)OC(C)(C)C)C(C)C)cc1. The maximum Gasteiger partial charge on any atom is 0.408 e. The first-order valence-corrected chi connectivity index (χ1v) is 15.1. The predicted molar refractivity (Wildman–Crippen MR) is 170 cm³/mol. The van der Waals surface area contributed by atoms with Crippen LogP contribution < -0.4 is 10.6 Å². The van der Waals surface area contributed by atoms with E-state index in [-0.39, 0.29) is 11.8 Å². The molecule has 42 heavy (non-hydrogen) atoms. The van der Waals surface area contributed by atoms with Gasteiger partial charge in [-0.2, -0.15) is 0 Å². The molecule has 228 valence electrons. The van der Waals surface area contributed by atoms with Gasteiger partial charge in [0.2, 0.25) is 5.91 Å². The lowest BCUT2D eigenvalue weighted by Crippen LogP contribution is -2.54. The minimum atomic E-state index is -1.01. The minimum Gasteiger partial charge on any atom is -0.444 e. The number of ether oxygens (including phenoxy) is 1. The molecule has 2 rings (SSSR count). The number of nitrogens with zero attached hydrogens (tertiary/aromatic N) is 1. The fraction of sp³-hybridized carbons (Fsp3) is 0.500. The van der Waals surface area contributed by atoms with Crippen molar-refractivity contribution in [1.82, 2.24) is 10.2 Å². The Balaban J connectivity index is 2.58. The topological polar surface area (TPSA) is 87.7 Å². The van der Waals surface area contributed by atoms with Crippen molar-refractivity contribution in [1.29, 1.82) is 0 Å². The number of carbonyl (C=O) groups excluding carboxylic acids is 3. The van der Waals surface area contributed by atoms with Crippen LogP contribution in [0.25, 0.3) is 0 Å². The van der Waals surface area contributed by atoms with Crippen molar-refractivity contribution in [2.45, 2.75) is 98.3 Å². The summed E-state index contributed by atoms with van der Waals surface area (Å²) in [5.41, 5.74) is 1.79. The zero-order valence-electron chi connectivity index (χ0n) is 26.1. The number of aryl methyl sites for hydroxylation is 1. The Kier molecular flexibility index (Phi) is 13.4. The van der Waals surface area contributed by atoms with E-state index in [2.05, 4.69) is 23.5 Å². The Hall–Kier alpha value is -3.50. The number of nitrogens with one attached hydrogen (secondary N) is 2. The Morgan fingerprint density at radius 1 is 1.02 bits per heavy atom. The van der Waals surface area contributed by atoms with Crippen molar-refractivity contribution in [2.24, 2.45) is 5.92 Å². The van der Waals surface area contributed by atoms with Gasteiger partial charge in [0.1, 0.15) is 17.7 Å². The number of terminal acetylenes is 1. The molecule has 0 bridgehead atoms. The lowest BCUT2D eigenvalue weighted by Gasteiger charge is -2.36. The first kappa shape index (κ1) is 34.7. The molecule has 0 aliphatic heterocycles. The predicted octanol–water partition coefficient (Wildman–Crippen LogP) is 7.66. The Bertz CT molecular complexity index is 1220. The van der Waals surface area contributed by atoms with Gasteiger partial charge in [-0.3, -0.25) is 9.59 Å². The van der Waals surface area contributed by atoms with Gasteiger partial charge in [-0.15, -0.1) is 6.42 Å². The molecular weight excluding hydrogens is 550 g/mol. The van der Waals surface area contributed by atoms with E-state index < -0.39 is 29.7 Å². The molecule has 0 aliphatic rings. The number of rotatable bonds is 13. The van der Waals surface area contributed by atoms with Crippen molar-refractivity contribution >= 4 is 35.2 Å². The van der Waals surface area contributed by atoms with Gasteiger partial charge in [0.05, 0.1) is 10.7 Å². The molecule has 0 saturated carbocycles. The van der Waals surface area contributed by atoms with Crippen LogP contribution in [0.2, 0.25) is 5.02 Å². The lowest BCUT2D eigenvalue weighted by atomic mass is 9.97. The monoisotopic (exact) mass is 595 g/mol. The van der Waals surface area contributed by atoms with Crippen LogP contribution >= 0.6 is 11.6 Å². The van der Waals surface area contributed by atoms with Crippen LogP contribution in [0.3, 0.4) is 0 Å². The number of carbonyl (C=O) groups is 3. The quantitative estimate of drug-likeness (QED) is 0.184. The summed E-state index contributed by atoms with van der Waals surface area (Å²) in [4.78, 5) is 42.8. The zero-order valence-corrected chi connectivity index (χ0v) is 26.8. The molecule has 0 aromatic heterocycles. The molecule has 8 heteroatoms. The highest BCUT2D eigenvalue weighted by molar-refractivity contribution is 6.34. The van der Waals surface area contributed by atoms with Crippen LogP contribution in [-0.4, -0.2) is 41.0 Å². The van der Waals surface area contributed by atoms with Crippen LogP contribution in [-0.2, 0) is 14.3 Å². The van der Waals surface area contributed by atoms with Gasteiger partial charge in [-0.1, -0.05) is 88.2 Å². The number of hydrogen-bond acceptors (Lipinski definition) is 4. The third-order valence-electron chi connectivity index (χ3n) is 6.81. The van der Waals surface area contributed by atoms with Crippen molar-refractivity contribution in [3.05, 3.63) is 64.2 Å². The summed E-state index contributed by atoms with van der Waals surface area (Å²) in [6.07, 6.45) is 9.69. The van der Waals surface area contributed by atoms with E-state index in [1.165, 1.54) is 0 Å². The van der Waals surface area contributed by atoms with Crippen LogP contribution in [0, 0.1) is 25.2 Å². The number of unbranched alkanes of at least 4 members (excludes halogenated alkanes) is 4. The summed E-state index contributed by atoms with van der Waals surface area (Å²) in [5.74, 6) is 1.54. The number of anilines is 1. The van der Waals surface area contributed by atoms with E-state index in [1.807, 2.05) is 32.9 Å². The molecule has 2 atom stereocenters. The molecule has 0 saturated heterocycles. The molecule has 0 spiro atoms. The number of halogens is 1. The van der Waals surface area contributed by atoms with Crippen LogP contribution in [0.1, 0.15) is 96.4 Å². The van der Waals surface area contributed by atoms with Crippen molar-refractivity contribution < 1.29 is 19.1 Å². The van der Waals surface area contributed by atoms with Crippen LogP contribution in [0.4, 0.5) is 10.5 Å².